The number of hydrogen-bond donors (Lipinski definition) is 4. The minimum atomic E-state index is -0.511. The predicted octanol–water partition coefficient (Wildman–Crippen LogP) is 1.79. The van der Waals surface area contributed by atoms with E-state index in [1.165, 1.54) is 0 Å². The second-order valence-electron chi connectivity index (χ2n) is 5.12. The first-order chi connectivity index (χ1) is 10.6. The van der Waals surface area contributed by atoms with Gasteiger partial charge in [-0.2, -0.15) is 10.2 Å². The fourth-order valence-electron chi connectivity index (χ4n) is 2.72. The van der Waals surface area contributed by atoms with Crippen molar-refractivity contribution in [1.29, 1.82) is 0 Å². The molecule has 1 amide bonds. The summed E-state index contributed by atoms with van der Waals surface area (Å²) in [6, 6.07) is 7.34. The average Bonchev–Trinajstić information content (AvgIpc) is 3.13. The predicted molar refractivity (Wildman–Crippen MR) is 84.1 cm³/mol. The van der Waals surface area contributed by atoms with Gasteiger partial charge in [-0.25, -0.2) is 0 Å². The van der Waals surface area contributed by atoms with Gasteiger partial charge in [0, 0.05) is 16.5 Å². The summed E-state index contributed by atoms with van der Waals surface area (Å²) in [5.74, 6) is -0.511. The van der Waals surface area contributed by atoms with Crippen molar-refractivity contribution >= 4 is 33.4 Å². The Morgan fingerprint density at radius 1 is 1.05 bits per heavy atom. The number of aromatic amines is 2. The van der Waals surface area contributed by atoms with E-state index in [-0.39, 0.29) is 0 Å². The summed E-state index contributed by atoms with van der Waals surface area (Å²) in [7, 11) is 0. The van der Waals surface area contributed by atoms with E-state index in [4.69, 9.17) is 11.5 Å². The van der Waals surface area contributed by atoms with Gasteiger partial charge in [0.1, 0.15) is 0 Å². The molecule has 0 radical (unpaired) electrons. The number of H-pyrrole nitrogens is 2. The summed E-state index contributed by atoms with van der Waals surface area (Å²) >= 11 is 0. The zero-order valence-corrected chi connectivity index (χ0v) is 11.4. The molecule has 22 heavy (non-hydrogen) atoms. The summed E-state index contributed by atoms with van der Waals surface area (Å²) in [6.07, 6.45) is 3.39. The molecule has 7 heteroatoms. The monoisotopic (exact) mass is 292 g/mol. The second-order valence-corrected chi connectivity index (χ2v) is 5.12. The molecule has 0 aliphatic carbocycles. The van der Waals surface area contributed by atoms with Gasteiger partial charge in [-0.1, -0.05) is 0 Å². The number of carbonyl (C=O) groups excluding carboxylic acids is 1. The highest BCUT2D eigenvalue weighted by Crippen LogP contribution is 2.33. The molecule has 0 aliphatic heterocycles. The number of aromatic nitrogens is 4. The van der Waals surface area contributed by atoms with Crippen LogP contribution in [0.4, 0.5) is 5.69 Å². The molecule has 6 N–H and O–H groups in total. The van der Waals surface area contributed by atoms with Crippen LogP contribution in [0, 0.1) is 0 Å². The Morgan fingerprint density at radius 2 is 1.86 bits per heavy atom. The van der Waals surface area contributed by atoms with Crippen molar-refractivity contribution in [3.05, 3.63) is 42.2 Å². The third-order valence-electron chi connectivity index (χ3n) is 3.71. The van der Waals surface area contributed by atoms with Crippen LogP contribution in [0.5, 0.6) is 0 Å². The number of nitrogens with two attached hydrogens (primary N) is 2. The van der Waals surface area contributed by atoms with Gasteiger partial charge in [0.15, 0.2) is 0 Å². The Labute approximate surface area is 124 Å². The lowest BCUT2D eigenvalue weighted by Crippen LogP contribution is -2.11. The molecule has 0 saturated heterocycles. The van der Waals surface area contributed by atoms with Gasteiger partial charge < -0.3 is 11.5 Å². The highest BCUT2D eigenvalue weighted by Gasteiger charge is 2.14. The average molecular weight is 292 g/mol. The van der Waals surface area contributed by atoms with Crippen molar-refractivity contribution in [2.45, 2.75) is 0 Å². The number of primary amides is 1. The fourth-order valence-corrected chi connectivity index (χ4v) is 2.72. The normalized spacial score (nSPS) is 11.3. The first-order valence-electron chi connectivity index (χ1n) is 6.63. The van der Waals surface area contributed by atoms with Crippen LogP contribution in [-0.4, -0.2) is 26.3 Å². The van der Waals surface area contributed by atoms with Gasteiger partial charge in [-0.3, -0.25) is 15.0 Å². The van der Waals surface area contributed by atoms with Crippen molar-refractivity contribution in [1.82, 2.24) is 20.4 Å². The molecule has 108 valence electrons. The number of nitrogens with zero attached hydrogens (tertiary/aromatic N) is 2. The minimum Gasteiger partial charge on any atom is -0.399 e. The van der Waals surface area contributed by atoms with Crippen LogP contribution < -0.4 is 11.5 Å². The molecule has 4 aromatic rings. The lowest BCUT2D eigenvalue weighted by molar-refractivity contribution is 0.100. The Kier molecular flexibility index (Phi) is 2.43. The maximum atomic E-state index is 11.7. The number of nitrogens with one attached hydrogen (secondary N) is 2. The molecule has 0 spiro atoms. The van der Waals surface area contributed by atoms with Gasteiger partial charge >= 0.3 is 0 Å². The molecule has 4 rings (SSSR count). The highest BCUT2D eigenvalue weighted by atomic mass is 16.1. The quantitative estimate of drug-likeness (QED) is 0.420. The van der Waals surface area contributed by atoms with Crippen LogP contribution in [0.25, 0.3) is 32.9 Å². The van der Waals surface area contributed by atoms with Crippen molar-refractivity contribution in [3.63, 3.8) is 0 Å². The van der Waals surface area contributed by atoms with E-state index in [1.54, 1.807) is 18.5 Å². The Morgan fingerprint density at radius 3 is 2.68 bits per heavy atom. The molecule has 0 saturated carbocycles. The third kappa shape index (κ3) is 1.72. The molecule has 2 aromatic heterocycles. The fraction of sp³-hybridized carbons (Fsp3) is 0. The van der Waals surface area contributed by atoms with Gasteiger partial charge in [0.05, 0.1) is 29.0 Å². The first kappa shape index (κ1) is 12.4. The second kappa shape index (κ2) is 4.32. The van der Waals surface area contributed by atoms with Crippen LogP contribution in [-0.2, 0) is 0 Å². The zero-order chi connectivity index (χ0) is 15.3. The summed E-state index contributed by atoms with van der Waals surface area (Å²) in [5.41, 5.74) is 15.6. The molecule has 0 aliphatic rings. The van der Waals surface area contributed by atoms with Gasteiger partial charge in [0.25, 0.3) is 5.91 Å². The molecule has 2 heterocycles. The van der Waals surface area contributed by atoms with Crippen LogP contribution in [0.15, 0.2) is 36.7 Å². The molecule has 2 aromatic carbocycles. The number of anilines is 1. The Bertz CT molecular complexity index is 1030. The third-order valence-corrected chi connectivity index (χ3v) is 3.71. The van der Waals surface area contributed by atoms with E-state index in [9.17, 15) is 4.79 Å². The van der Waals surface area contributed by atoms with Crippen LogP contribution in [0.2, 0.25) is 0 Å². The summed E-state index contributed by atoms with van der Waals surface area (Å²) in [4.78, 5) is 11.7. The highest BCUT2D eigenvalue weighted by molar-refractivity contribution is 6.08. The molecule has 0 unspecified atom stereocenters. The van der Waals surface area contributed by atoms with Crippen LogP contribution in [0.1, 0.15) is 10.4 Å². The van der Waals surface area contributed by atoms with Gasteiger partial charge in [0.2, 0.25) is 0 Å². The van der Waals surface area contributed by atoms with Crippen molar-refractivity contribution in [3.8, 4) is 11.1 Å². The van der Waals surface area contributed by atoms with E-state index in [1.807, 2.05) is 18.2 Å². The van der Waals surface area contributed by atoms with E-state index in [2.05, 4.69) is 20.4 Å². The first-order valence-corrected chi connectivity index (χ1v) is 6.63. The smallest absolute Gasteiger partial charge is 0.250 e. The van der Waals surface area contributed by atoms with Crippen LogP contribution >= 0.6 is 0 Å². The molecular weight excluding hydrogens is 280 g/mol. The van der Waals surface area contributed by atoms with Crippen molar-refractivity contribution in [2.75, 3.05) is 5.73 Å². The number of rotatable bonds is 2. The summed E-state index contributed by atoms with van der Waals surface area (Å²) in [6.45, 7) is 0. The molecule has 0 fully saturated rings. The number of hydrogen-bond acceptors (Lipinski definition) is 4. The lowest BCUT2D eigenvalue weighted by atomic mass is 9.97. The Balaban J connectivity index is 2.08. The van der Waals surface area contributed by atoms with Crippen LogP contribution in [0.3, 0.4) is 0 Å². The molecular formula is C15H12N6O. The topological polar surface area (TPSA) is 126 Å². The van der Waals surface area contributed by atoms with E-state index >= 15 is 0 Å². The molecule has 0 bridgehead atoms. The molecule has 0 atom stereocenters. The number of amides is 1. The van der Waals surface area contributed by atoms with Crippen molar-refractivity contribution in [2.24, 2.45) is 5.73 Å². The van der Waals surface area contributed by atoms with Gasteiger partial charge in [-0.05, 0) is 35.4 Å². The molecule has 7 nitrogen and oxygen atoms in total. The van der Waals surface area contributed by atoms with Crippen molar-refractivity contribution < 1.29 is 4.79 Å². The zero-order valence-electron chi connectivity index (χ0n) is 11.4. The standard InChI is InChI=1S/C15H12N6O/c16-9-3-10(12-6-19-20-13(12)4-9)7-1-8-5-18-21-14(8)11(2-7)15(17)22/h1-6H,16H2,(H2,17,22)(H,18,21)(H,19,20). The maximum absolute atomic E-state index is 11.7. The Hall–Kier alpha value is -3.35. The van der Waals surface area contributed by atoms with E-state index < -0.39 is 5.91 Å². The summed E-state index contributed by atoms with van der Waals surface area (Å²) in [5, 5.41) is 15.5. The minimum absolute atomic E-state index is 0.393. The van der Waals surface area contributed by atoms with E-state index in [0.29, 0.717) is 16.8 Å². The number of fused-ring (bicyclic) bond motifs is 2. The van der Waals surface area contributed by atoms with E-state index in [0.717, 1.165) is 27.4 Å². The number of nitrogen functional groups attached to an aromatic ring is 1. The largest absolute Gasteiger partial charge is 0.399 e. The maximum Gasteiger partial charge on any atom is 0.250 e. The SMILES string of the molecule is NC(=O)c1cc(-c2cc(N)cc3[nH]ncc23)cc2cn[nH]c12. The van der Waals surface area contributed by atoms with Gasteiger partial charge in [-0.15, -0.1) is 0 Å². The number of carbonyl (C=O) groups is 1. The summed E-state index contributed by atoms with van der Waals surface area (Å²) < 4.78 is 0. The lowest BCUT2D eigenvalue weighted by Gasteiger charge is -2.08. The number of benzene rings is 2.